The molecule has 0 N–H and O–H groups in total. The van der Waals surface area contributed by atoms with E-state index in [2.05, 4.69) is 226 Å². The standard InChI is InChI=1S/C55H35N3S/c1-3-17-36(18-4-1)56-47-26-12-7-21-39(47)41-33-38(31-32-49(41)56)58-48-27-13-8-22-40(48)42-34-54-46(35-52(42)58)55(45-25-11-16-30-53(45)59-54)43-23-9-14-28-50(43)57(37-19-5-2-6-20-37)51-29-15-10-24-44(51)55/h1-35H. The highest BCUT2D eigenvalue weighted by Gasteiger charge is 2.50. The fourth-order valence-corrected chi connectivity index (χ4v) is 11.6. The molecule has 0 unspecified atom stereocenters. The van der Waals surface area contributed by atoms with Gasteiger partial charge in [0.25, 0.3) is 0 Å². The van der Waals surface area contributed by atoms with Crippen molar-refractivity contribution in [2.24, 2.45) is 0 Å². The molecular formula is C55H35N3S. The molecule has 276 valence electrons. The molecule has 0 bridgehead atoms. The van der Waals surface area contributed by atoms with E-state index in [-0.39, 0.29) is 0 Å². The minimum atomic E-state index is -0.571. The molecule has 1 spiro atoms. The minimum Gasteiger partial charge on any atom is -0.310 e. The largest absolute Gasteiger partial charge is 0.310 e. The summed E-state index contributed by atoms with van der Waals surface area (Å²) in [6.07, 6.45) is 0. The predicted octanol–water partition coefficient (Wildman–Crippen LogP) is 14.5. The van der Waals surface area contributed by atoms with Crippen LogP contribution in [0.2, 0.25) is 0 Å². The first-order chi connectivity index (χ1) is 29.3. The molecule has 9 aromatic carbocycles. The molecule has 2 aliphatic heterocycles. The van der Waals surface area contributed by atoms with E-state index < -0.39 is 5.41 Å². The Morgan fingerprint density at radius 1 is 0.305 bits per heavy atom. The Kier molecular flexibility index (Phi) is 6.87. The maximum atomic E-state index is 2.54. The van der Waals surface area contributed by atoms with Crippen molar-refractivity contribution < 1.29 is 0 Å². The highest BCUT2D eigenvalue weighted by molar-refractivity contribution is 7.99. The summed E-state index contributed by atoms with van der Waals surface area (Å²) < 4.78 is 4.90. The third kappa shape index (κ3) is 4.44. The highest BCUT2D eigenvalue weighted by Crippen LogP contribution is 2.63. The second-order valence-corrected chi connectivity index (χ2v) is 16.7. The average Bonchev–Trinajstić information content (AvgIpc) is 3.81. The Morgan fingerprint density at radius 2 is 0.814 bits per heavy atom. The van der Waals surface area contributed by atoms with Crippen molar-refractivity contribution in [3.63, 3.8) is 0 Å². The molecular weight excluding hydrogens is 735 g/mol. The van der Waals surface area contributed by atoms with Gasteiger partial charge in [0, 0.05) is 48.4 Å². The first-order valence-electron chi connectivity index (χ1n) is 20.3. The second-order valence-electron chi connectivity index (χ2n) is 15.7. The summed E-state index contributed by atoms with van der Waals surface area (Å²) >= 11 is 1.90. The van der Waals surface area contributed by atoms with Gasteiger partial charge in [0.1, 0.15) is 0 Å². The van der Waals surface area contributed by atoms with Gasteiger partial charge in [-0.15, -0.1) is 0 Å². The van der Waals surface area contributed by atoms with E-state index in [9.17, 15) is 0 Å². The van der Waals surface area contributed by atoms with E-state index in [4.69, 9.17) is 0 Å². The highest BCUT2D eigenvalue weighted by atomic mass is 32.2. The van der Waals surface area contributed by atoms with E-state index in [0.29, 0.717) is 0 Å². The second kappa shape index (κ2) is 12.4. The van der Waals surface area contributed by atoms with Crippen molar-refractivity contribution in [1.29, 1.82) is 0 Å². The number of anilines is 3. The predicted molar refractivity (Wildman–Crippen MR) is 246 cm³/mol. The first-order valence-corrected chi connectivity index (χ1v) is 21.1. The Labute approximate surface area is 346 Å². The molecule has 2 aliphatic rings. The lowest BCUT2D eigenvalue weighted by Gasteiger charge is -2.49. The van der Waals surface area contributed by atoms with Gasteiger partial charge in [0.2, 0.25) is 0 Å². The fourth-order valence-electron chi connectivity index (χ4n) is 10.4. The van der Waals surface area contributed by atoms with Crippen LogP contribution in [0.15, 0.2) is 222 Å². The Bertz CT molecular complexity index is 3440. The van der Waals surface area contributed by atoms with E-state index in [1.165, 1.54) is 87.0 Å². The number of nitrogens with zero attached hydrogens (tertiary/aromatic N) is 3. The number of aromatic nitrogens is 2. The summed E-state index contributed by atoms with van der Waals surface area (Å²) in [6, 6.07) is 78.6. The molecule has 0 radical (unpaired) electrons. The smallest absolute Gasteiger partial charge is 0.0764 e. The summed E-state index contributed by atoms with van der Waals surface area (Å²) in [6.45, 7) is 0. The number of fused-ring (bicyclic) bond motifs is 14. The van der Waals surface area contributed by atoms with Crippen LogP contribution in [0.1, 0.15) is 22.3 Å². The zero-order chi connectivity index (χ0) is 38.7. The molecule has 13 rings (SSSR count). The maximum Gasteiger partial charge on any atom is 0.0764 e. The van der Waals surface area contributed by atoms with Crippen molar-refractivity contribution in [2.75, 3.05) is 4.90 Å². The topological polar surface area (TPSA) is 13.1 Å². The lowest BCUT2D eigenvalue weighted by atomic mass is 9.62. The molecule has 0 aliphatic carbocycles. The van der Waals surface area contributed by atoms with Gasteiger partial charge in [-0.05, 0) is 107 Å². The van der Waals surface area contributed by atoms with Crippen LogP contribution in [0.3, 0.4) is 0 Å². The van der Waals surface area contributed by atoms with Gasteiger partial charge in [-0.2, -0.15) is 0 Å². The van der Waals surface area contributed by atoms with Crippen LogP contribution in [0.5, 0.6) is 0 Å². The average molecular weight is 770 g/mol. The van der Waals surface area contributed by atoms with Crippen LogP contribution < -0.4 is 4.90 Å². The Balaban J connectivity index is 1.13. The molecule has 2 aromatic heterocycles. The van der Waals surface area contributed by atoms with Gasteiger partial charge in [-0.1, -0.05) is 139 Å². The van der Waals surface area contributed by atoms with Crippen molar-refractivity contribution in [1.82, 2.24) is 9.13 Å². The summed E-state index contributed by atoms with van der Waals surface area (Å²) in [5.41, 5.74) is 15.3. The lowest BCUT2D eigenvalue weighted by Crippen LogP contribution is -2.39. The molecule has 0 atom stereocenters. The number of para-hydroxylation sites is 6. The van der Waals surface area contributed by atoms with Gasteiger partial charge in [-0.3, -0.25) is 0 Å². The molecule has 0 fully saturated rings. The van der Waals surface area contributed by atoms with Crippen LogP contribution in [-0.4, -0.2) is 9.13 Å². The van der Waals surface area contributed by atoms with E-state index >= 15 is 0 Å². The first kappa shape index (κ1) is 32.8. The van der Waals surface area contributed by atoms with E-state index in [1.807, 2.05) is 11.8 Å². The summed E-state index contributed by atoms with van der Waals surface area (Å²) in [5.74, 6) is 0. The Hall–Kier alpha value is -7.27. The van der Waals surface area contributed by atoms with E-state index in [1.54, 1.807) is 0 Å². The van der Waals surface area contributed by atoms with Gasteiger partial charge in [-0.25, -0.2) is 0 Å². The zero-order valence-electron chi connectivity index (χ0n) is 32.0. The number of hydrogen-bond acceptors (Lipinski definition) is 2. The molecule has 4 heteroatoms. The summed E-state index contributed by atoms with van der Waals surface area (Å²) in [7, 11) is 0. The van der Waals surface area contributed by atoms with Gasteiger partial charge >= 0.3 is 0 Å². The van der Waals surface area contributed by atoms with Crippen molar-refractivity contribution in [2.45, 2.75) is 15.2 Å². The third-order valence-corrected chi connectivity index (χ3v) is 13.9. The molecule has 0 saturated carbocycles. The van der Waals surface area contributed by atoms with Crippen LogP contribution in [0.4, 0.5) is 17.1 Å². The summed E-state index contributed by atoms with van der Waals surface area (Å²) in [4.78, 5) is 5.04. The number of hydrogen-bond donors (Lipinski definition) is 0. The molecule has 4 heterocycles. The van der Waals surface area contributed by atoms with Gasteiger partial charge in [0.15, 0.2) is 0 Å². The fraction of sp³-hybridized carbons (Fsp3) is 0.0182. The van der Waals surface area contributed by atoms with Crippen LogP contribution in [0, 0.1) is 0 Å². The summed E-state index contributed by atoms with van der Waals surface area (Å²) in [5, 5.41) is 5.00. The lowest BCUT2D eigenvalue weighted by molar-refractivity contribution is 0.693. The van der Waals surface area contributed by atoms with E-state index in [0.717, 1.165) is 17.1 Å². The molecule has 11 aromatic rings. The van der Waals surface area contributed by atoms with Crippen molar-refractivity contribution in [3.05, 3.63) is 235 Å². The Morgan fingerprint density at radius 3 is 1.49 bits per heavy atom. The molecule has 0 amide bonds. The normalized spacial score (nSPS) is 13.8. The van der Waals surface area contributed by atoms with Crippen LogP contribution in [-0.2, 0) is 5.41 Å². The zero-order valence-corrected chi connectivity index (χ0v) is 32.8. The van der Waals surface area contributed by atoms with Gasteiger partial charge in [0.05, 0.1) is 38.9 Å². The molecule has 59 heavy (non-hydrogen) atoms. The van der Waals surface area contributed by atoms with Gasteiger partial charge < -0.3 is 14.0 Å². The third-order valence-electron chi connectivity index (χ3n) is 12.7. The van der Waals surface area contributed by atoms with Crippen LogP contribution >= 0.6 is 11.8 Å². The monoisotopic (exact) mass is 769 g/mol. The number of rotatable bonds is 3. The van der Waals surface area contributed by atoms with Crippen LogP contribution in [0.25, 0.3) is 55.0 Å². The van der Waals surface area contributed by atoms with Crippen molar-refractivity contribution in [3.8, 4) is 11.4 Å². The minimum absolute atomic E-state index is 0.571. The molecule has 0 saturated heterocycles. The molecule has 3 nitrogen and oxygen atoms in total. The van der Waals surface area contributed by atoms with Crippen molar-refractivity contribution >= 4 is 72.4 Å². The quantitative estimate of drug-likeness (QED) is 0.178. The number of benzene rings is 9. The maximum absolute atomic E-state index is 2.54. The SMILES string of the molecule is c1ccc(N2c3ccccc3C3(c4ccccc4Sc4cc5c6ccccc6n(-c6ccc7c(c6)c6ccccc6n7-c6ccccc6)c5cc43)c3ccccc32)cc1.